The van der Waals surface area contributed by atoms with Crippen molar-refractivity contribution in [1.29, 1.82) is 0 Å². The molecule has 0 N–H and O–H groups in total. The second-order valence-corrected chi connectivity index (χ2v) is 3.81. The highest BCUT2D eigenvalue weighted by atomic mass is 16.2. The highest BCUT2D eigenvalue weighted by molar-refractivity contribution is 5.92. The standard InChI is InChI=1S/C13H18N2O/c1-4-5-11(2)13(16)15(3)10-12-6-8-14-9-7-12/h5-9H,4,10H2,1-3H3/b11-5+. The van der Waals surface area contributed by atoms with Crippen molar-refractivity contribution in [3.63, 3.8) is 0 Å². The summed E-state index contributed by atoms with van der Waals surface area (Å²) in [6, 6.07) is 3.84. The van der Waals surface area contributed by atoms with Gasteiger partial charge < -0.3 is 4.90 Å². The van der Waals surface area contributed by atoms with Crippen LogP contribution in [-0.4, -0.2) is 22.8 Å². The van der Waals surface area contributed by atoms with Crippen molar-refractivity contribution < 1.29 is 4.79 Å². The predicted molar refractivity (Wildman–Crippen MR) is 64.8 cm³/mol. The first-order valence-electron chi connectivity index (χ1n) is 5.46. The lowest BCUT2D eigenvalue weighted by Gasteiger charge is -2.17. The number of aromatic nitrogens is 1. The zero-order valence-corrected chi connectivity index (χ0v) is 10.1. The fraction of sp³-hybridized carbons (Fsp3) is 0.385. The van der Waals surface area contributed by atoms with Crippen LogP contribution in [0.5, 0.6) is 0 Å². The third-order valence-corrected chi connectivity index (χ3v) is 2.36. The molecule has 0 saturated heterocycles. The first-order valence-corrected chi connectivity index (χ1v) is 5.46. The Morgan fingerprint density at radius 2 is 2.06 bits per heavy atom. The molecule has 0 spiro atoms. The molecule has 1 amide bonds. The summed E-state index contributed by atoms with van der Waals surface area (Å²) in [7, 11) is 1.82. The molecule has 0 saturated carbocycles. The third-order valence-electron chi connectivity index (χ3n) is 2.36. The molecule has 86 valence electrons. The van der Waals surface area contributed by atoms with Crippen molar-refractivity contribution in [2.45, 2.75) is 26.8 Å². The van der Waals surface area contributed by atoms with Gasteiger partial charge >= 0.3 is 0 Å². The fourth-order valence-corrected chi connectivity index (χ4v) is 1.53. The molecule has 1 rings (SSSR count). The number of rotatable bonds is 4. The molecule has 0 fully saturated rings. The first kappa shape index (κ1) is 12.4. The Labute approximate surface area is 96.8 Å². The van der Waals surface area contributed by atoms with Crippen LogP contribution in [0.4, 0.5) is 0 Å². The molecule has 0 bridgehead atoms. The molecule has 0 aromatic carbocycles. The van der Waals surface area contributed by atoms with Gasteiger partial charge in [0, 0.05) is 31.6 Å². The van der Waals surface area contributed by atoms with E-state index in [1.165, 1.54) is 0 Å². The second-order valence-electron chi connectivity index (χ2n) is 3.81. The molecule has 0 aliphatic carbocycles. The van der Waals surface area contributed by atoms with Crippen molar-refractivity contribution in [3.05, 3.63) is 41.7 Å². The monoisotopic (exact) mass is 218 g/mol. The van der Waals surface area contributed by atoms with Gasteiger partial charge in [-0.05, 0) is 31.0 Å². The lowest BCUT2D eigenvalue weighted by Crippen LogP contribution is -2.26. The van der Waals surface area contributed by atoms with Crippen molar-refractivity contribution >= 4 is 5.91 Å². The van der Waals surface area contributed by atoms with Crippen molar-refractivity contribution in [2.24, 2.45) is 0 Å². The maximum atomic E-state index is 11.9. The van der Waals surface area contributed by atoms with Crippen molar-refractivity contribution in [1.82, 2.24) is 9.88 Å². The maximum absolute atomic E-state index is 11.9. The maximum Gasteiger partial charge on any atom is 0.249 e. The summed E-state index contributed by atoms with van der Waals surface area (Å²) in [6.07, 6.45) is 6.32. The molecule has 1 aromatic rings. The van der Waals surface area contributed by atoms with Crippen LogP contribution in [0.1, 0.15) is 25.8 Å². The molecule has 1 aromatic heterocycles. The van der Waals surface area contributed by atoms with Crippen LogP contribution in [0.15, 0.2) is 36.2 Å². The summed E-state index contributed by atoms with van der Waals surface area (Å²) in [5.74, 6) is 0.0821. The number of hydrogen-bond donors (Lipinski definition) is 0. The molecule has 0 atom stereocenters. The van der Waals surface area contributed by atoms with Crippen molar-refractivity contribution in [2.75, 3.05) is 7.05 Å². The summed E-state index contributed by atoms with van der Waals surface area (Å²) in [6.45, 7) is 4.50. The van der Waals surface area contributed by atoms with Gasteiger partial charge in [-0.2, -0.15) is 0 Å². The fourth-order valence-electron chi connectivity index (χ4n) is 1.53. The van der Waals surface area contributed by atoms with E-state index < -0.39 is 0 Å². The largest absolute Gasteiger partial charge is 0.338 e. The molecule has 3 nitrogen and oxygen atoms in total. The Bertz CT molecular complexity index is 371. The number of amides is 1. The van der Waals surface area contributed by atoms with Crippen LogP contribution >= 0.6 is 0 Å². The minimum Gasteiger partial charge on any atom is -0.338 e. The minimum atomic E-state index is 0.0821. The molecule has 0 aliphatic rings. The van der Waals surface area contributed by atoms with Crippen LogP contribution in [0.2, 0.25) is 0 Å². The minimum absolute atomic E-state index is 0.0821. The predicted octanol–water partition coefficient (Wildman–Crippen LogP) is 2.40. The van der Waals surface area contributed by atoms with E-state index in [4.69, 9.17) is 0 Å². The number of likely N-dealkylation sites (N-methyl/N-ethyl adjacent to an activating group) is 1. The Balaban J connectivity index is 2.63. The third kappa shape index (κ3) is 3.50. The lowest BCUT2D eigenvalue weighted by molar-refractivity contribution is -0.126. The Morgan fingerprint density at radius 1 is 1.44 bits per heavy atom. The van der Waals surface area contributed by atoms with Crippen LogP contribution in [0, 0.1) is 0 Å². The normalized spacial score (nSPS) is 11.3. The van der Waals surface area contributed by atoms with E-state index in [1.807, 2.05) is 39.1 Å². The van der Waals surface area contributed by atoms with Crippen molar-refractivity contribution in [3.8, 4) is 0 Å². The number of carbonyl (C=O) groups excluding carboxylic acids is 1. The Hall–Kier alpha value is -1.64. The molecule has 0 unspecified atom stereocenters. The molecule has 16 heavy (non-hydrogen) atoms. The number of carbonyl (C=O) groups is 1. The molecule has 0 aliphatic heterocycles. The van der Waals surface area contributed by atoms with Crippen LogP contribution in [0.25, 0.3) is 0 Å². The van der Waals surface area contributed by atoms with E-state index in [0.717, 1.165) is 17.6 Å². The zero-order valence-electron chi connectivity index (χ0n) is 10.1. The van der Waals surface area contributed by atoms with Gasteiger partial charge in [-0.3, -0.25) is 9.78 Å². The molecule has 3 heteroatoms. The molecular weight excluding hydrogens is 200 g/mol. The van der Waals surface area contributed by atoms with Gasteiger partial charge in [0.1, 0.15) is 0 Å². The van der Waals surface area contributed by atoms with Crippen LogP contribution in [-0.2, 0) is 11.3 Å². The van der Waals surface area contributed by atoms with E-state index >= 15 is 0 Å². The van der Waals surface area contributed by atoms with E-state index in [1.54, 1.807) is 17.3 Å². The molecular formula is C13H18N2O. The summed E-state index contributed by atoms with van der Waals surface area (Å²) in [5, 5.41) is 0. The number of allylic oxidation sites excluding steroid dienone is 1. The summed E-state index contributed by atoms with van der Waals surface area (Å²) < 4.78 is 0. The highest BCUT2D eigenvalue weighted by Gasteiger charge is 2.10. The van der Waals surface area contributed by atoms with Gasteiger partial charge in [-0.1, -0.05) is 13.0 Å². The first-order chi connectivity index (χ1) is 7.65. The van der Waals surface area contributed by atoms with Gasteiger partial charge in [0.2, 0.25) is 5.91 Å². The van der Waals surface area contributed by atoms with Gasteiger partial charge in [-0.15, -0.1) is 0 Å². The molecule has 0 radical (unpaired) electrons. The summed E-state index contributed by atoms with van der Waals surface area (Å²) in [5.41, 5.74) is 1.90. The topological polar surface area (TPSA) is 33.2 Å². The number of nitrogens with zero attached hydrogens (tertiary/aromatic N) is 2. The average molecular weight is 218 g/mol. The van der Waals surface area contributed by atoms with E-state index in [0.29, 0.717) is 6.54 Å². The number of pyridine rings is 1. The Kier molecular flexibility index (Phi) is 4.70. The van der Waals surface area contributed by atoms with E-state index in [9.17, 15) is 4.79 Å². The Morgan fingerprint density at radius 3 is 2.62 bits per heavy atom. The van der Waals surface area contributed by atoms with Crippen LogP contribution in [0.3, 0.4) is 0 Å². The quantitative estimate of drug-likeness (QED) is 0.727. The van der Waals surface area contributed by atoms with E-state index in [2.05, 4.69) is 4.98 Å². The lowest BCUT2D eigenvalue weighted by atomic mass is 10.2. The summed E-state index contributed by atoms with van der Waals surface area (Å²) in [4.78, 5) is 17.5. The molecule has 1 heterocycles. The van der Waals surface area contributed by atoms with E-state index in [-0.39, 0.29) is 5.91 Å². The van der Waals surface area contributed by atoms with Gasteiger partial charge in [0.15, 0.2) is 0 Å². The zero-order chi connectivity index (χ0) is 12.0. The highest BCUT2D eigenvalue weighted by Crippen LogP contribution is 2.06. The van der Waals surface area contributed by atoms with Gasteiger partial charge in [-0.25, -0.2) is 0 Å². The average Bonchev–Trinajstić information content (AvgIpc) is 2.29. The van der Waals surface area contributed by atoms with Gasteiger partial charge in [0.05, 0.1) is 0 Å². The SMILES string of the molecule is CC/C=C(\C)C(=O)N(C)Cc1ccncc1. The second kappa shape index (κ2) is 6.05. The smallest absolute Gasteiger partial charge is 0.249 e. The summed E-state index contributed by atoms with van der Waals surface area (Å²) >= 11 is 0. The number of hydrogen-bond acceptors (Lipinski definition) is 2. The van der Waals surface area contributed by atoms with Crippen LogP contribution < -0.4 is 0 Å². The van der Waals surface area contributed by atoms with Gasteiger partial charge in [0.25, 0.3) is 0 Å².